The standard InChI is InChI=1S/C33H51NO19/c35-12-17-22(39)25(42)27(44)31(50-17)49-15-19-24(41)30(53-33-28(45)26(43)23(40)18(13-36)51-33)29(46)32(52-19)47-11-10-34-20(37)8-4-5-9-21(38)48-14-16-6-2-1-3-7-16/h1-3,6-7,17-19,22-33,35-36,39-46H,4-5,8-15H2,(H,34,37)/t17-,18-,19-,22-,23-,24-,25+,26+,27+,28+,29+,30+,31+,32-,33-/m1/s1. The average Bonchev–Trinajstić information content (AvgIpc) is 3.16. The summed E-state index contributed by atoms with van der Waals surface area (Å²) in [5, 5.41) is 105. The Morgan fingerprint density at radius 1 is 0.642 bits per heavy atom. The van der Waals surface area contributed by atoms with Crippen molar-refractivity contribution < 1.29 is 93.8 Å². The lowest BCUT2D eigenvalue weighted by Crippen LogP contribution is -2.65. The van der Waals surface area contributed by atoms with Gasteiger partial charge in [-0.05, 0) is 18.4 Å². The second-order valence-electron chi connectivity index (χ2n) is 12.9. The van der Waals surface area contributed by atoms with Gasteiger partial charge in [0.15, 0.2) is 18.9 Å². The van der Waals surface area contributed by atoms with Gasteiger partial charge in [-0.15, -0.1) is 0 Å². The monoisotopic (exact) mass is 765 g/mol. The number of nitrogens with one attached hydrogen (secondary N) is 1. The minimum Gasteiger partial charge on any atom is -0.461 e. The highest BCUT2D eigenvalue weighted by molar-refractivity contribution is 5.76. The molecule has 53 heavy (non-hydrogen) atoms. The maximum atomic E-state index is 12.4. The zero-order valence-corrected chi connectivity index (χ0v) is 28.8. The Morgan fingerprint density at radius 3 is 1.85 bits per heavy atom. The van der Waals surface area contributed by atoms with Crippen LogP contribution in [0.4, 0.5) is 0 Å². The first-order valence-electron chi connectivity index (χ1n) is 17.3. The molecule has 1 aromatic carbocycles. The second kappa shape index (κ2) is 21.0. The molecule has 20 heteroatoms. The molecular weight excluding hydrogens is 714 g/mol. The van der Waals surface area contributed by atoms with Gasteiger partial charge in [0.25, 0.3) is 0 Å². The Hall–Kier alpha value is -2.48. The highest BCUT2D eigenvalue weighted by Crippen LogP contribution is 2.31. The van der Waals surface area contributed by atoms with Crippen LogP contribution < -0.4 is 5.32 Å². The van der Waals surface area contributed by atoms with E-state index in [9.17, 15) is 60.7 Å². The molecule has 3 aliphatic rings. The normalized spacial score (nSPS) is 37.6. The number of rotatable bonds is 18. The maximum Gasteiger partial charge on any atom is 0.306 e. The SMILES string of the molecule is O=C(CCCCC(=O)OCc1ccccc1)NCCO[C@@H]1O[C@H](CO[C@H]2O[C@H](CO)[C@@H](O)[C@H](O)[C@@H]2O)[C@@H](O)[C@H](O[C@H]2O[C@H](CO)[C@@H](O)[C@H](O)[C@@H]2O)[C@@H]1O. The van der Waals surface area contributed by atoms with Crippen LogP contribution in [0.1, 0.15) is 31.2 Å². The summed E-state index contributed by atoms with van der Waals surface area (Å²) in [5.74, 6) is -0.731. The molecule has 11 N–H and O–H groups in total. The van der Waals surface area contributed by atoms with Crippen LogP contribution in [-0.2, 0) is 49.4 Å². The third-order valence-electron chi connectivity index (χ3n) is 9.04. The number of esters is 1. The highest BCUT2D eigenvalue weighted by Gasteiger charge is 2.52. The van der Waals surface area contributed by atoms with Gasteiger partial charge in [-0.3, -0.25) is 9.59 Å². The number of hydrogen-bond donors (Lipinski definition) is 11. The van der Waals surface area contributed by atoms with Crippen molar-refractivity contribution in [3.8, 4) is 0 Å². The fourth-order valence-electron chi connectivity index (χ4n) is 5.89. The lowest BCUT2D eigenvalue weighted by molar-refractivity contribution is -0.366. The zero-order valence-electron chi connectivity index (χ0n) is 28.8. The lowest BCUT2D eigenvalue weighted by Gasteiger charge is -2.46. The molecular formula is C33H51NO19. The van der Waals surface area contributed by atoms with E-state index in [4.69, 9.17) is 33.2 Å². The average molecular weight is 766 g/mol. The van der Waals surface area contributed by atoms with Gasteiger partial charge in [0, 0.05) is 19.4 Å². The van der Waals surface area contributed by atoms with Crippen LogP contribution in [0.2, 0.25) is 0 Å². The van der Waals surface area contributed by atoms with E-state index in [2.05, 4.69) is 5.32 Å². The number of carbonyl (C=O) groups excluding carboxylic acids is 2. The molecule has 1 amide bonds. The van der Waals surface area contributed by atoms with Crippen molar-refractivity contribution in [3.05, 3.63) is 35.9 Å². The number of carbonyl (C=O) groups is 2. The van der Waals surface area contributed by atoms with Crippen molar-refractivity contribution in [2.45, 2.75) is 124 Å². The number of benzene rings is 1. The van der Waals surface area contributed by atoms with Crippen molar-refractivity contribution >= 4 is 11.9 Å². The maximum absolute atomic E-state index is 12.4. The van der Waals surface area contributed by atoms with Gasteiger partial charge in [0.2, 0.25) is 5.91 Å². The minimum atomic E-state index is -1.90. The van der Waals surface area contributed by atoms with Crippen LogP contribution in [0.5, 0.6) is 0 Å². The van der Waals surface area contributed by atoms with Crippen molar-refractivity contribution in [3.63, 3.8) is 0 Å². The summed E-state index contributed by atoms with van der Waals surface area (Å²) in [6, 6.07) is 9.20. The molecule has 0 aliphatic carbocycles. The zero-order chi connectivity index (χ0) is 38.7. The van der Waals surface area contributed by atoms with E-state index in [-0.39, 0.29) is 44.5 Å². The van der Waals surface area contributed by atoms with Crippen molar-refractivity contribution in [2.75, 3.05) is 33.0 Å². The van der Waals surface area contributed by atoms with Crippen molar-refractivity contribution in [1.29, 1.82) is 0 Å². The van der Waals surface area contributed by atoms with Crippen LogP contribution in [-0.4, -0.2) is 188 Å². The molecule has 3 aliphatic heterocycles. The first-order chi connectivity index (χ1) is 25.4. The molecule has 0 aromatic heterocycles. The number of unbranched alkanes of at least 4 members (excludes halogenated alkanes) is 1. The summed E-state index contributed by atoms with van der Waals surface area (Å²) in [7, 11) is 0. The molecule has 0 spiro atoms. The quantitative estimate of drug-likeness (QED) is 0.0492. The minimum absolute atomic E-state index is 0.0582. The van der Waals surface area contributed by atoms with Crippen LogP contribution in [0.15, 0.2) is 30.3 Å². The fraction of sp³-hybridized carbons (Fsp3) is 0.758. The molecule has 0 saturated carbocycles. The molecule has 3 fully saturated rings. The van der Waals surface area contributed by atoms with Crippen LogP contribution >= 0.6 is 0 Å². The molecule has 3 heterocycles. The van der Waals surface area contributed by atoms with E-state index < -0.39 is 112 Å². The Morgan fingerprint density at radius 2 is 1.21 bits per heavy atom. The Kier molecular flexibility index (Phi) is 17.1. The highest BCUT2D eigenvalue weighted by atomic mass is 16.7. The summed E-state index contributed by atoms with van der Waals surface area (Å²) in [4.78, 5) is 24.3. The number of ether oxygens (including phenoxy) is 7. The molecule has 0 bridgehead atoms. The first kappa shape index (κ1) is 43.3. The molecule has 3 saturated heterocycles. The van der Waals surface area contributed by atoms with Gasteiger partial charge in [-0.1, -0.05) is 30.3 Å². The van der Waals surface area contributed by atoms with Crippen molar-refractivity contribution in [2.24, 2.45) is 0 Å². The van der Waals surface area contributed by atoms with Crippen molar-refractivity contribution in [1.82, 2.24) is 5.32 Å². The summed E-state index contributed by atoms with van der Waals surface area (Å²) >= 11 is 0. The van der Waals surface area contributed by atoms with Gasteiger partial charge in [0.1, 0.15) is 79.9 Å². The summed E-state index contributed by atoms with van der Waals surface area (Å²) in [6.45, 7) is -2.27. The van der Waals surface area contributed by atoms with E-state index >= 15 is 0 Å². The van der Waals surface area contributed by atoms with Gasteiger partial charge in [-0.2, -0.15) is 0 Å². The second-order valence-corrected chi connectivity index (χ2v) is 12.9. The third-order valence-corrected chi connectivity index (χ3v) is 9.04. The fourth-order valence-corrected chi connectivity index (χ4v) is 5.89. The Balaban J connectivity index is 1.29. The van der Waals surface area contributed by atoms with E-state index in [0.717, 1.165) is 5.56 Å². The van der Waals surface area contributed by atoms with E-state index in [1.54, 1.807) is 0 Å². The van der Waals surface area contributed by atoms with E-state index in [1.807, 2.05) is 30.3 Å². The summed E-state index contributed by atoms with van der Waals surface area (Å²) in [5.41, 5.74) is 0.860. The molecule has 4 rings (SSSR count). The number of amides is 1. The smallest absolute Gasteiger partial charge is 0.306 e. The largest absolute Gasteiger partial charge is 0.461 e. The van der Waals surface area contributed by atoms with Gasteiger partial charge in [0.05, 0.1) is 26.4 Å². The summed E-state index contributed by atoms with van der Waals surface area (Å²) in [6.07, 6.45) is -24.0. The number of hydrogen-bond acceptors (Lipinski definition) is 19. The predicted octanol–water partition coefficient (Wildman–Crippen LogP) is -5.13. The summed E-state index contributed by atoms with van der Waals surface area (Å²) < 4.78 is 38.4. The van der Waals surface area contributed by atoms with Gasteiger partial charge < -0.3 is 89.5 Å². The Bertz CT molecular complexity index is 1240. The molecule has 0 unspecified atom stereocenters. The molecule has 302 valence electrons. The third kappa shape index (κ3) is 11.8. The molecule has 15 atom stereocenters. The van der Waals surface area contributed by atoms with Gasteiger partial charge >= 0.3 is 5.97 Å². The predicted molar refractivity (Wildman–Crippen MR) is 173 cm³/mol. The lowest BCUT2D eigenvalue weighted by atomic mass is 9.96. The van der Waals surface area contributed by atoms with E-state index in [0.29, 0.717) is 12.8 Å². The van der Waals surface area contributed by atoms with E-state index in [1.165, 1.54) is 0 Å². The molecule has 0 radical (unpaired) electrons. The molecule has 20 nitrogen and oxygen atoms in total. The molecule has 1 aromatic rings. The number of aliphatic hydroxyl groups excluding tert-OH is 10. The Labute approximate surface area is 304 Å². The van der Waals surface area contributed by atoms with Gasteiger partial charge in [-0.25, -0.2) is 0 Å². The van der Waals surface area contributed by atoms with Crippen LogP contribution in [0, 0.1) is 0 Å². The first-order valence-corrected chi connectivity index (χ1v) is 17.3. The number of aliphatic hydroxyl groups is 10. The van der Waals surface area contributed by atoms with Crippen LogP contribution in [0.25, 0.3) is 0 Å². The topological polar surface area (TPSA) is 313 Å². The van der Waals surface area contributed by atoms with Crippen LogP contribution in [0.3, 0.4) is 0 Å².